The smallest absolute Gasteiger partial charge is 0.242 e. The Morgan fingerprint density at radius 1 is 1.04 bits per heavy atom. The van der Waals surface area contributed by atoms with Crippen molar-refractivity contribution >= 4 is 11.8 Å². The molecule has 2 rings (SSSR count). The Hall–Kier alpha value is -2.66. The summed E-state index contributed by atoms with van der Waals surface area (Å²) in [5.74, 6) is -0.552. The van der Waals surface area contributed by atoms with Crippen LogP contribution in [-0.2, 0) is 22.6 Å². The lowest BCUT2D eigenvalue weighted by atomic mass is 10.1. The number of nitrogens with two attached hydrogens (primary N) is 1. The Morgan fingerprint density at radius 3 is 2.40 bits per heavy atom. The Bertz CT molecular complexity index is 674. The molecule has 0 aliphatic carbocycles. The Labute approximate surface area is 148 Å². The van der Waals surface area contributed by atoms with Crippen LogP contribution in [0.3, 0.4) is 0 Å². The molecule has 0 unspecified atom stereocenters. The molecule has 4 N–H and O–H groups in total. The van der Waals surface area contributed by atoms with Crippen molar-refractivity contribution in [2.24, 2.45) is 5.73 Å². The van der Waals surface area contributed by atoms with Gasteiger partial charge < -0.3 is 16.4 Å². The minimum absolute atomic E-state index is 0.239. The summed E-state index contributed by atoms with van der Waals surface area (Å²) in [7, 11) is 0. The first kappa shape index (κ1) is 18.7. The van der Waals surface area contributed by atoms with Crippen LogP contribution in [0.15, 0.2) is 54.6 Å². The Kier molecular flexibility index (Phi) is 7.16. The maximum Gasteiger partial charge on any atom is 0.242 e. The van der Waals surface area contributed by atoms with Crippen molar-refractivity contribution in [3.8, 4) is 0 Å². The molecule has 2 aromatic rings. The van der Waals surface area contributed by atoms with E-state index in [4.69, 9.17) is 5.73 Å². The first-order valence-corrected chi connectivity index (χ1v) is 8.39. The predicted octanol–water partition coefficient (Wildman–Crippen LogP) is 1.57. The second-order valence-electron chi connectivity index (χ2n) is 5.99. The molecular formula is C20H24N3O2. The highest BCUT2D eigenvalue weighted by atomic mass is 16.2. The fraction of sp³-hybridized carbons (Fsp3) is 0.300. The minimum Gasteiger partial charge on any atom is -0.350 e. The van der Waals surface area contributed by atoms with Gasteiger partial charge in [0.15, 0.2) is 0 Å². The van der Waals surface area contributed by atoms with Crippen molar-refractivity contribution < 1.29 is 9.59 Å². The number of aryl methyl sites for hydroxylation is 1. The zero-order valence-electron chi connectivity index (χ0n) is 14.4. The quantitative estimate of drug-likeness (QED) is 0.683. The fourth-order valence-corrected chi connectivity index (χ4v) is 2.37. The van der Waals surface area contributed by atoms with Crippen molar-refractivity contribution in [3.05, 3.63) is 71.8 Å². The molecule has 2 aromatic carbocycles. The lowest BCUT2D eigenvalue weighted by molar-refractivity contribution is -0.129. The van der Waals surface area contributed by atoms with Crippen molar-refractivity contribution in [3.63, 3.8) is 0 Å². The van der Waals surface area contributed by atoms with Gasteiger partial charge in [-0.25, -0.2) is 0 Å². The molecule has 5 nitrogen and oxygen atoms in total. The molecule has 0 aromatic heterocycles. The zero-order valence-corrected chi connectivity index (χ0v) is 14.4. The molecule has 0 aliphatic heterocycles. The molecule has 0 heterocycles. The van der Waals surface area contributed by atoms with E-state index in [-0.39, 0.29) is 11.8 Å². The first-order valence-electron chi connectivity index (χ1n) is 8.39. The van der Waals surface area contributed by atoms with Crippen LogP contribution in [0.25, 0.3) is 0 Å². The molecule has 0 spiro atoms. The van der Waals surface area contributed by atoms with Crippen LogP contribution in [0.1, 0.15) is 24.5 Å². The number of amides is 2. The van der Waals surface area contributed by atoms with E-state index in [0.717, 1.165) is 17.5 Å². The van der Waals surface area contributed by atoms with Crippen molar-refractivity contribution in [2.75, 3.05) is 0 Å². The van der Waals surface area contributed by atoms with Gasteiger partial charge in [0.25, 0.3) is 0 Å². The summed E-state index contributed by atoms with van der Waals surface area (Å²) in [6, 6.07) is 18.9. The molecule has 0 saturated heterocycles. The molecule has 5 heteroatoms. The van der Waals surface area contributed by atoms with Gasteiger partial charge in [-0.1, -0.05) is 54.6 Å². The van der Waals surface area contributed by atoms with Gasteiger partial charge in [0, 0.05) is 6.54 Å². The van der Waals surface area contributed by atoms with Gasteiger partial charge in [0.05, 0.1) is 6.04 Å². The fourth-order valence-electron chi connectivity index (χ4n) is 2.37. The zero-order chi connectivity index (χ0) is 18.1. The lowest BCUT2D eigenvalue weighted by Crippen LogP contribution is -2.50. The van der Waals surface area contributed by atoms with E-state index in [9.17, 15) is 9.59 Å². The Balaban J connectivity index is 1.73. The van der Waals surface area contributed by atoms with E-state index in [0.29, 0.717) is 13.0 Å². The summed E-state index contributed by atoms with van der Waals surface area (Å²) in [6.45, 7) is 2.06. The van der Waals surface area contributed by atoms with Crippen LogP contribution >= 0.6 is 0 Å². The average Bonchev–Trinajstić information content (AvgIpc) is 2.65. The van der Waals surface area contributed by atoms with Crippen LogP contribution in [0.4, 0.5) is 0 Å². The third-order valence-corrected chi connectivity index (χ3v) is 3.93. The van der Waals surface area contributed by atoms with E-state index in [1.807, 2.05) is 42.5 Å². The molecule has 0 bridgehead atoms. The highest BCUT2D eigenvalue weighted by molar-refractivity contribution is 5.89. The monoisotopic (exact) mass is 338 g/mol. The molecule has 2 atom stereocenters. The van der Waals surface area contributed by atoms with Gasteiger partial charge >= 0.3 is 0 Å². The van der Waals surface area contributed by atoms with Gasteiger partial charge in [0.1, 0.15) is 6.04 Å². The number of hydrogen-bond donors (Lipinski definition) is 3. The van der Waals surface area contributed by atoms with E-state index < -0.39 is 12.1 Å². The van der Waals surface area contributed by atoms with Crippen molar-refractivity contribution in [2.45, 2.75) is 38.4 Å². The normalized spacial score (nSPS) is 12.9. The molecule has 25 heavy (non-hydrogen) atoms. The summed E-state index contributed by atoms with van der Waals surface area (Å²) in [5, 5.41) is 5.46. The van der Waals surface area contributed by atoms with Crippen LogP contribution in [0.2, 0.25) is 0 Å². The predicted molar refractivity (Wildman–Crippen MR) is 97.5 cm³/mol. The topological polar surface area (TPSA) is 84.2 Å². The van der Waals surface area contributed by atoms with E-state index in [1.54, 1.807) is 19.1 Å². The van der Waals surface area contributed by atoms with Crippen LogP contribution in [0.5, 0.6) is 0 Å². The summed E-state index contributed by atoms with van der Waals surface area (Å²) in [4.78, 5) is 24.2. The number of rotatable bonds is 8. The maximum atomic E-state index is 12.1. The van der Waals surface area contributed by atoms with Gasteiger partial charge in [-0.05, 0) is 37.0 Å². The van der Waals surface area contributed by atoms with Crippen LogP contribution in [0, 0.1) is 6.07 Å². The summed E-state index contributed by atoms with van der Waals surface area (Å²) in [5.41, 5.74) is 8.04. The molecular weight excluding hydrogens is 314 g/mol. The lowest BCUT2D eigenvalue weighted by Gasteiger charge is -2.17. The maximum absolute atomic E-state index is 12.1. The highest BCUT2D eigenvalue weighted by Crippen LogP contribution is 2.04. The average molecular weight is 338 g/mol. The third-order valence-electron chi connectivity index (χ3n) is 3.93. The third kappa shape index (κ3) is 6.39. The van der Waals surface area contributed by atoms with E-state index >= 15 is 0 Å². The van der Waals surface area contributed by atoms with Gasteiger partial charge in [-0.2, -0.15) is 0 Å². The summed E-state index contributed by atoms with van der Waals surface area (Å²) >= 11 is 0. The van der Waals surface area contributed by atoms with E-state index in [1.165, 1.54) is 0 Å². The molecule has 1 radical (unpaired) electrons. The summed E-state index contributed by atoms with van der Waals surface area (Å²) in [6.07, 6.45) is 1.26. The largest absolute Gasteiger partial charge is 0.350 e. The van der Waals surface area contributed by atoms with Gasteiger partial charge in [-0.15, -0.1) is 0 Å². The molecule has 0 fully saturated rings. The van der Waals surface area contributed by atoms with Crippen LogP contribution < -0.4 is 16.4 Å². The van der Waals surface area contributed by atoms with Crippen molar-refractivity contribution in [1.82, 2.24) is 10.6 Å². The van der Waals surface area contributed by atoms with Crippen molar-refractivity contribution in [1.29, 1.82) is 0 Å². The SMILES string of the molecule is C[C@H](NC(=O)[C@H](N)CCc1ccccc1)C(=O)NCc1cc[c]cc1. The first-order chi connectivity index (χ1) is 12.1. The number of nitrogens with one attached hydrogen (secondary N) is 2. The number of carbonyl (C=O) groups is 2. The van der Waals surface area contributed by atoms with Crippen LogP contribution in [-0.4, -0.2) is 23.9 Å². The Morgan fingerprint density at radius 2 is 1.72 bits per heavy atom. The number of carbonyl (C=O) groups excluding carboxylic acids is 2. The van der Waals surface area contributed by atoms with E-state index in [2.05, 4.69) is 16.7 Å². The highest BCUT2D eigenvalue weighted by Gasteiger charge is 2.19. The summed E-state index contributed by atoms with van der Waals surface area (Å²) < 4.78 is 0. The number of hydrogen-bond acceptors (Lipinski definition) is 3. The molecule has 131 valence electrons. The molecule has 0 aliphatic rings. The molecule has 0 saturated carbocycles. The second-order valence-corrected chi connectivity index (χ2v) is 5.99. The van der Waals surface area contributed by atoms with Gasteiger partial charge in [0.2, 0.25) is 11.8 Å². The molecule has 2 amide bonds. The standard InChI is InChI=1S/C20H24N3O2/c1-15(19(24)22-14-17-10-6-3-7-11-17)23-20(25)18(21)13-12-16-8-4-2-5-9-16/h2,4-11,15,18H,12-14,21H2,1H3,(H,22,24)(H,23,25)/t15-,18+/m0/s1. The van der Waals surface area contributed by atoms with Gasteiger partial charge in [-0.3, -0.25) is 9.59 Å². The minimum atomic E-state index is -0.639. The number of benzene rings is 2. The second kappa shape index (κ2) is 9.59.